The summed E-state index contributed by atoms with van der Waals surface area (Å²) in [6.45, 7) is 1.84. The molecule has 0 aliphatic carbocycles. The van der Waals surface area contributed by atoms with Crippen LogP contribution in [0.4, 0.5) is 5.69 Å². The van der Waals surface area contributed by atoms with Crippen LogP contribution in [0.1, 0.15) is 32.4 Å². The number of carbonyl (C=O) groups is 1. The van der Waals surface area contributed by atoms with Crippen LogP contribution in [0.2, 0.25) is 0 Å². The van der Waals surface area contributed by atoms with Gasteiger partial charge in [0.05, 0.1) is 23.7 Å². The predicted octanol–water partition coefficient (Wildman–Crippen LogP) is 6.56. The van der Waals surface area contributed by atoms with E-state index in [1.54, 1.807) is 30.3 Å². The van der Waals surface area contributed by atoms with E-state index in [-0.39, 0.29) is 22.6 Å². The van der Waals surface area contributed by atoms with Gasteiger partial charge in [-0.15, -0.1) is 11.3 Å². The molecule has 6 nitrogen and oxygen atoms in total. The highest BCUT2D eigenvalue weighted by Crippen LogP contribution is 2.34. The zero-order valence-electron chi connectivity index (χ0n) is 21.8. The fourth-order valence-corrected chi connectivity index (χ4v) is 6.84. The van der Waals surface area contributed by atoms with Crippen LogP contribution in [-0.2, 0) is 10.0 Å². The van der Waals surface area contributed by atoms with Crippen LogP contribution in [0.5, 0.6) is 5.75 Å². The summed E-state index contributed by atoms with van der Waals surface area (Å²) in [7, 11) is -0.912. The number of thiophene rings is 1. The van der Waals surface area contributed by atoms with E-state index in [4.69, 9.17) is 4.74 Å². The second-order valence-electron chi connectivity index (χ2n) is 9.19. The van der Waals surface area contributed by atoms with Gasteiger partial charge in [0.25, 0.3) is 15.9 Å². The number of rotatable bonds is 8. The number of hydrogen-bond donors (Lipinski definition) is 1. The van der Waals surface area contributed by atoms with Crippen LogP contribution < -0.4 is 14.4 Å². The lowest BCUT2D eigenvalue weighted by Gasteiger charge is -2.21. The number of anilines is 1. The topological polar surface area (TPSA) is 75.7 Å². The van der Waals surface area contributed by atoms with Crippen LogP contribution in [0, 0.1) is 6.92 Å². The molecule has 0 unspecified atom stereocenters. The van der Waals surface area contributed by atoms with Crippen molar-refractivity contribution in [3.63, 3.8) is 0 Å². The molecular formula is C31H28N2O4S2. The summed E-state index contributed by atoms with van der Waals surface area (Å²) in [6, 6.07) is 31.6. The Morgan fingerprint density at radius 3 is 2.13 bits per heavy atom. The van der Waals surface area contributed by atoms with Gasteiger partial charge in [-0.2, -0.15) is 0 Å². The standard InChI is InChI=1S/C31H28N2O4S2/c1-21-14-16-26(37-3)29(18-21)39(35,36)33(2)25-15-17-27-24(19-25)20-28(38-27)31(34)32-30(22-10-6-4-7-11-22)23-12-8-5-9-13-23/h4-20,30H,1-3H3,(H,32,34). The van der Waals surface area contributed by atoms with Gasteiger partial charge in [-0.05, 0) is 65.4 Å². The van der Waals surface area contributed by atoms with Gasteiger partial charge >= 0.3 is 0 Å². The van der Waals surface area contributed by atoms with Crippen LogP contribution in [0.15, 0.2) is 108 Å². The molecule has 0 aliphatic heterocycles. The monoisotopic (exact) mass is 556 g/mol. The molecule has 198 valence electrons. The van der Waals surface area contributed by atoms with E-state index >= 15 is 0 Å². The van der Waals surface area contributed by atoms with Gasteiger partial charge in [-0.3, -0.25) is 9.10 Å². The summed E-state index contributed by atoms with van der Waals surface area (Å²) < 4.78 is 34.4. The Balaban J connectivity index is 1.44. The third-order valence-corrected chi connectivity index (χ3v) is 9.51. The Bertz CT molecular complexity index is 1690. The molecule has 1 amide bonds. The predicted molar refractivity (Wildman–Crippen MR) is 157 cm³/mol. The van der Waals surface area contributed by atoms with Crippen LogP contribution in [-0.4, -0.2) is 28.5 Å². The van der Waals surface area contributed by atoms with Crippen molar-refractivity contribution in [1.82, 2.24) is 5.32 Å². The lowest BCUT2D eigenvalue weighted by molar-refractivity contribution is 0.0947. The Hall–Kier alpha value is -4.14. The van der Waals surface area contributed by atoms with Crippen LogP contribution in [0.3, 0.4) is 0 Å². The molecule has 0 saturated carbocycles. The third-order valence-electron chi connectivity index (χ3n) is 6.59. The summed E-state index contributed by atoms with van der Waals surface area (Å²) in [5.74, 6) is 0.0929. The van der Waals surface area contributed by atoms with Crippen molar-refractivity contribution >= 4 is 43.0 Å². The highest BCUT2D eigenvalue weighted by molar-refractivity contribution is 7.93. The van der Waals surface area contributed by atoms with E-state index < -0.39 is 10.0 Å². The van der Waals surface area contributed by atoms with Crippen molar-refractivity contribution < 1.29 is 17.9 Å². The zero-order chi connectivity index (χ0) is 27.6. The van der Waals surface area contributed by atoms with Gasteiger partial charge in [-0.25, -0.2) is 8.42 Å². The van der Waals surface area contributed by atoms with Crippen molar-refractivity contribution in [1.29, 1.82) is 0 Å². The number of carbonyl (C=O) groups excluding carboxylic acids is 1. The average Bonchev–Trinajstić information content (AvgIpc) is 3.40. The van der Waals surface area contributed by atoms with Gasteiger partial charge in [0.1, 0.15) is 10.6 Å². The number of nitrogens with one attached hydrogen (secondary N) is 1. The second-order valence-corrected chi connectivity index (χ2v) is 12.2. The maximum atomic E-state index is 13.5. The first kappa shape index (κ1) is 26.5. The molecule has 0 spiro atoms. The SMILES string of the molecule is COc1ccc(C)cc1S(=O)(=O)N(C)c1ccc2sc(C(=O)NC(c3ccccc3)c3ccccc3)cc2c1. The van der Waals surface area contributed by atoms with Gasteiger partial charge in [0, 0.05) is 11.7 Å². The first-order chi connectivity index (χ1) is 18.8. The van der Waals surface area contributed by atoms with E-state index in [0.717, 1.165) is 26.8 Å². The van der Waals surface area contributed by atoms with Gasteiger partial charge < -0.3 is 10.1 Å². The smallest absolute Gasteiger partial charge is 0.267 e. The van der Waals surface area contributed by atoms with Crippen molar-refractivity contribution in [3.8, 4) is 5.75 Å². The zero-order valence-corrected chi connectivity index (χ0v) is 23.4. The van der Waals surface area contributed by atoms with Gasteiger partial charge in [0.15, 0.2) is 0 Å². The highest BCUT2D eigenvalue weighted by atomic mass is 32.2. The van der Waals surface area contributed by atoms with E-state index in [0.29, 0.717) is 10.6 Å². The fraction of sp³-hybridized carbons (Fsp3) is 0.129. The molecule has 1 heterocycles. The van der Waals surface area contributed by atoms with Crippen LogP contribution >= 0.6 is 11.3 Å². The molecule has 39 heavy (non-hydrogen) atoms. The molecule has 0 saturated heterocycles. The molecule has 0 bridgehead atoms. The lowest BCUT2D eigenvalue weighted by atomic mass is 9.98. The van der Waals surface area contributed by atoms with E-state index in [1.807, 2.05) is 79.7 Å². The highest BCUT2D eigenvalue weighted by Gasteiger charge is 2.26. The first-order valence-corrected chi connectivity index (χ1v) is 14.6. The molecule has 1 N–H and O–H groups in total. The number of nitrogens with zero attached hydrogens (tertiary/aromatic N) is 1. The Morgan fingerprint density at radius 1 is 0.872 bits per heavy atom. The summed E-state index contributed by atoms with van der Waals surface area (Å²) in [4.78, 5) is 14.1. The molecule has 8 heteroatoms. The van der Waals surface area contributed by atoms with Gasteiger partial charge in [-0.1, -0.05) is 66.7 Å². The quantitative estimate of drug-likeness (QED) is 0.235. The molecule has 0 radical (unpaired) electrons. The molecule has 5 aromatic rings. The molecule has 5 rings (SSSR count). The molecule has 0 fully saturated rings. The maximum Gasteiger partial charge on any atom is 0.267 e. The fourth-order valence-electron chi connectivity index (χ4n) is 4.46. The summed E-state index contributed by atoms with van der Waals surface area (Å²) in [6.07, 6.45) is 0. The largest absolute Gasteiger partial charge is 0.495 e. The number of ether oxygens (including phenoxy) is 1. The number of hydrogen-bond acceptors (Lipinski definition) is 5. The number of benzene rings is 4. The van der Waals surface area contributed by atoms with Crippen molar-refractivity contribution in [2.75, 3.05) is 18.5 Å². The van der Waals surface area contributed by atoms with Crippen molar-refractivity contribution in [2.45, 2.75) is 17.9 Å². The van der Waals surface area contributed by atoms with Gasteiger partial charge in [0.2, 0.25) is 0 Å². The average molecular weight is 557 g/mol. The normalized spacial score (nSPS) is 11.5. The Labute approximate surface area is 232 Å². The number of amides is 1. The van der Waals surface area contributed by atoms with E-state index in [2.05, 4.69) is 5.32 Å². The van der Waals surface area contributed by atoms with E-state index in [1.165, 1.54) is 29.8 Å². The third kappa shape index (κ3) is 5.39. The molecular weight excluding hydrogens is 528 g/mol. The van der Waals surface area contributed by atoms with E-state index in [9.17, 15) is 13.2 Å². The summed E-state index contributed by atoms with van der Waals surface area (Å²) in [5, 5.41) is 3.97. The van der Waals surface area contributed by atoms with Crippen molar-refractivity contribution in [2.24, 2.45) is 0 Å². The second kappa shape index (κ2) is 10.9. The van der Waals surface area contributed by atoms with Crippen LogP contribution in [0.25, 0.3) is 10.1 Å². The molecule has 1 aromatic heterocycles. The molecule has 0 aliphatic rings. The number of aryl methyl sites for hydroxylation is 1. The lowest BCUT2D eigenvalue weighted by Crippen LogP contribution is -2.28. The molecule has 4 aromatic carbocycles. The minimum absolute atomic E-state index is 0.103. The number of sulfonamides is 1. The molecule has 0 atom stereocenters. The maximum absolute atomic E-state index is 13.5. The number of methoxy groups -OCH3 is 1. The van der Waals surface area contributed by atoms with Crippen molar-refractivity contribution in [3.05, 3.63) is 125 Å². The Morgan fingerprint density at radius 2 is 1.51 bits per heavy atom. The summed E-state index contributed by atoms with van der Waals surface area (Å²) in [5.41, 5.74) is 3.27. The summed E-state index contributed by atoms with van der Waals surface area (Å²) >= 11 is 1.37. The Kier molecular flexibility index (Phi) is 7.41. The first-order valence-electron chi connectivity index (χ1n) is 12.4. The number of fused-ring (bicyclic) bond motifs is 1. The minimum atomic E-state index is -3.88. The minimum Gasteiger partial charge on any atom is -0.495 e.